The van der Waals surface area contributed by atoms with Crippen molar-refractivity contribution in [2.75, 3.05) is 83.8 Å². The molecule has 6 rings (SSSR count). The van der Waals surface area contributed by atoms with Crippen LogP contribution in [0.25, 0.3) is 0 Å². The van der Waals surface area contributed by atoms with E-state index in [0.29, 0.717) is 39.6 Å². The summed E-state index contributed by atoms with van der Waals surface area (Å²) >= 11 is 13.0. The highest BCUT2D eigenvalue weighted by atomic mass is 35.5. The van der Waals surface area contributed by atoms with Crippen LogP contribution in [0.2, 0.25) is 10.0 Å². The number of morpholine rings is 2. The molecule has 0 spiro atoms. The molecular weight excluding hydrogens is 611 g/mol. The molecule has 10 heteroatoms. The fraction of sp³-hybridized carbons (Fsp3) is 0.514. The van der Waals surface area contributed by atoms with Gasteiger partial charge in [0.1, 0.15) is 6.61 Å². The summed E-state index contributed by atoms with van der Waals surface area (Å²) < 4.78 is 13.3. The Labute approximate surface area is 277 Å². The molecular formula is C35H45Cl2N4O4+. The monoisotopic (exact) mass is 655 g/mol. The molecule has 8 nitrogen and oxygen atoms in total. The standard InChI is InChI=1S/C35H45Cl2N4O4/c1-34(2)28-24-26(36)8-10-30(28)40(16-22-44-38-12-18-42-19-13-38)32(34)6-5-7-33-35(3,4)29-25-27(37)9-11-31(29)41(33)17-23-45-39-14-20-43-21-15-39/h5-11,24-25H,12-23H2,1-4H3/q+1. The fourth-order valence-corrected chi connectivity index (χ4v) is 7.23. The van der Waals surface area contributed by atoms with Gasteiger partial charge in [0.25, 0.3) is 0 Å². The summed E-state index contributed by atoms with van der Waals surface area (Å²) in [7, 11) is 0. The zero-order valence-corrected chi connectivity index (χ0v) is 28.4. The van der Waals surface area contributed by atoms with Crippen LogP contribution >= 0.6 is 23.2 Å². The molecule has 2 aromatic rings. The molecule has 4 aliphatic rings. The number of ether oxygens (including phenoxy) is 2. The third kappa shape index (κ3) is 6.90. The Morgan fingerprint density at radius 2 is 1.40 bits per heavy atom. The van der Waals surface area contributed by atoms with Gasteiger partial charge < -0.3 is 14.4 Å². The first-order valence-corrected chi connectivity index (χ1v) is 16.7. The molecule has 0 aliphatic carbocycles. The summed E-state index contributed by atoms with van der Waals surface area (Å²) in [5.74, 6) is 0. The largest absolute Gasteiger partial charge is 0.379 e. The number of rotatable bonds is 10. The van der Waals surface area contributed by atoms with Crippen molar-refractivity contribution in [1.29, 1.82) is 0 Å². The summed E-state index contributed by atoms with van der Waals surface area (Å²) in [5.41, 5.74) is 6.74. The molecule has 45 heavy (non-hydrogen) atoms. The van der Waals surface area contributed by atoms with Crippen molar-refractivity contribution in [2.24, 2.45) is 0 Å². The lowest BCUT2D eigenvalue weighted by Gasteiger charge is -2.29. The van der Waals surface area contributed by atoms with Crippen molar-refractivity contribution in [3.8, 4) is 0 Å². The predicted octanol–water partition coefficient (Wildman–Crippen LogP) is 6.14. The predicted molar refractivity (Wildman–Crippen MR) is 180 cm³/mol. The summed E-state index contributed by atoms with van der Waals surface area (Å²) in [6, 6.07) is 12.4. The fourth-order valence-electron chi connectivity index (χ4n) is 6.88. The van der Waals surface area contributed by atoms with Crippen LogP contribution in [0.15, 0.2) is 60.3 Å². The minimum Gasteiger partial charge on any atom is -0.379 e. The molecule has 4 heterocycles. The van der Waals surface area contributed by atoms with Crippen LogP contribution in [0.5, 0.6) is 0 Å². The number of hydrogen-bond donors (Lipinski definition) is 0. The second-order valence-electron chi connectivity index (χ2n) is 12.9. The van der Waals surface area contributed by atoms with Gasteiger partial charge in [0.2, 0.25) is 5.69 Å². The Morgan fingerprint density at radius 1 is 0.800 bits per heavy atom. The van der Waals surface area contributed by atoms with Gasteiger partial charge >= 0.3 is 0 Å². The van der Waals surface area contributed by atoms with Crippen molar-refractivity contribution < 1.29 is 23.7 Å². The van der Waals surface area contributed by atoms with E-state index in [4.69, 9.17) is 42.4 Å². The number of hydroxylamine groups is 4. The lowest BCUT2D eigenvalue weighted by atomic mass is 9.81. The molecule has 242 valence electrons. The molecule has 0 N–H and O–H groups in total. The van der Waals surface area contributed by atoms with Crippen molar-refractivity contribution in [2.45, 2.75) is 38.5 Å². The van der Waals surface area contributed by atoms with Gasteiger partial charge in [-0.3, -0.25) is 9.68 Å². The van der Waals surface area contributed by atoms with E-state index in [9.17, 15) is 0 Å². The van der Waals surface area contributed by atoms with Gasteiger partial charge in [0.05, 0.1) is 38.4 Å². The molecule has 0 radical (unpaired) electrons. The van der Waals surface area contributed by atoms with Gasteiger partial charge in [-0.25, -0.2) is 0 Å². The maximum Gasteiger partial charge on any atom is 0.209 e. The Kier molecular flexibility index (Phi) is 10.0. The van der Waals surface area contributed by atoms with Crippen LogP contribution in [-0.2, 0) is 30.0 Å². The molecule has 4 aliphatic heterocycles. The van der Waals surface area contributed by atoms with Gasteiger partial charge in [-0.2, -0.15) is 14.7 Å². The quantitative estimate of drug-likeness (QED) is 0.285. The molecule has 0 saturated carbocycles. The van der Waals surface area contributed by atoms with Crippen molar-refractivity contribution >= 4 is 40.3 Å². The van der Waals surface area contributed by atoms with Crippen molar-refractivity contribution in [3.05, 3.63) is 81.5 Å². The van der Waals surface area contributed by atoms with Crippen LogP contribution in [0.1, 0.15) is 38.8 Å². The third-order valence-electron chi connectivity index (χ3n) is 9.33. The topological polar surface area (TPSA) is 49.7 Å². The number of benzene rings is 2. The number of halogens is 2. The third-order valence-corrected chi connectivity index (χ3v) is 9.80. The zero-order chi connectivity index (χ0) is 31.6. The zero-order valence-electron chi connectivity index (χ0n) is 26.9. The average molecular weight is 657 g/mol. The molecule has 2 aromatic carbocycles. The summed E-state index contributed by atoms with van der Waals surface area (Å²) in [6.07, 6.45) is 6.70. The minimum atomic E-state index is -0.235. The number of hydrogen-bond acceptors (Lipinski definition) is 7. The number of nitrogens with zero attached hydrogens (tertiary/aromatic N) is 4. The van der Waals surface area contributed by atoms with E-state index in [1.165, 1.54) is 33.9 Å². The second-order valence-corrected chi connectivity index (χ2v) is 13.8. The maximum atomic E-state index is 6.50. The number of anilines is 1. The van der Waals surface area contributed by atoms with E-state index in [-0.39, 0.29) is 10.8 Å². The van der Waals surface area contributed by atoms with Gasteiger partial charge in [0.15, 0.2) is 12.3 Å². The van der Waals surface area contributed by atoms with Gasteiger partial charge in [-0.15, -0.1) is 0 Å². The van der Waals surface area contributed by atoms with Crippen molar-refractivity contribution in [3.63, 3.8) is 0 Å². The summed E-state index contributed by atoms with van der Waals surface area (Å²) in [5, 5.41) is 5.52. The first-order valence-electron chi connectivity index (χ1n) is 16.0. The van der Waals surface area contributed by atoms with Gasteiger partial charge in [-0.05, 0) is 55.8 Å². The highest BCUT2D eigenvalue weighted by Gasteiger charge is 2.45. The SMILES string of the molecule is CC1(C)C(=CC=CC2=[N+](CCON3CCOCC3)c3ccc(Cl)cc3C2(C)C)N(CCON2CCOCC2)c2ccc(Cl)cc21. The van der Waals surface area contributed by atoms with Crippen molar-refractivity contribution in [1.82, 2.24) is 10.1 Å². The molecule has 2 saturated heterocycles. The summed E-state index contributed by atoms with van der Waals surface area (Å²) in [4.78, 5) is 14.7. The Morgan fingerprint density at radius 3 is 2.07 bits per heavy atom. The lowest BCUT2D eigenvalue weighted by Crippen LogP contribution is -2.38. The molecule has 0 atom stereocenters. The molecule has 0 aromatic heterocycles. The van der Waals surface area contributed by atoms with E-state index in [2.05, 4.69) is 79.7 Å². The maximum absolute atomic E-state index is 6.50. The van der Waals surface area contributed by atoms with E-state index < -0.39 is 0 Å². The van der Waals surface area contributed by atoms with E-state index in [1.54, 1.807) is 0 Å². The molecule has 0 amide bonds. The lowest BCUT2D eigenvalue weighted by molar-refractivity contribution is -0.448. The minimum absolute atomic E-state index is 0.235. The normalized spacial score (nSPS) is 22.5. The Hall–Kier alpha value is -2.27. The second kappa shape index (κ2) is 13.8. The molecule has 0 unspecified atom stereocenters. The Balaban J connectivity index is 1.28. The smallest absolute Gasteiger partial charge is 0.209 e. The van der Waals surface area contributed by atoms with Crippen LogP contribution in [-0.4, -0.2) is 99.3 Å². The first kappa shape index (κ1) is 32.7. The van der Waals surface area contributed by atoms with Crippen LogP contribution in [0.3, 0.4) is 0 Å². The Bertz CT molecular complexity index is 1480. The van der Waals surface area contributed by atoms with E-state index in [1.807, 2.05) is 22.3 Å². The highest BCUT2D eigenvalue weighted by molar-refractivity contribution is 6.31. The highest BCUT2D eigenvalue weighted by Crippen LogP contribution is 2.48. The number of allylic oxidation sites excluding steroid dienone is 4. The van der Waals surface area contributed by atoms with Gasteiger partial charge in [-0.1, -0.05) is 43.1 Å². The summed E-state index contributed by atoms with van der Waals surface area (Å²) in [6.45, 7) is 17.7. The average Bonchev–Trinajstić information content (AvgIpc) is 3.36. The molecule has 2 fully saturated rings. The van der Waals surface area contributed by atoms with Crippen LogP contribution in [0.4, 0.5) is 11.4 Å². The van der Waals surface area contributed by atoms with E-state index in [0.717, 1.165) is 49.3 Å². The number of fused-ring (bicyclic) bond motifs is 2. The van der Waals surface area contributed by atoms with Gasteiger partial charge in [0, 0.05) is 77.3 Å². The van der Waals surface area contributed by atoms with E-state index >= 15 is 0 Å². The molecule has 0 bridgehead atoms. The van der Waals surface area contributed by atoms with Crippen LogP contribution in [0, 0.1) is 0 Å². The van der Waals surface area contributed by atoms with Crippen LogP contribution < -0.4 is 4.90 Å². The first-order chi connectivity index (χ1) is 21.7.